The molecule has 0 saturated carbocycles. The van der Waals surface area contributed by atoms with E-state index < -0.39 is 0 Å². The zero-order valence-electron chi connectivity index (χ0n) is 10.6. The van der Waals surface area contributed by atoms with Crippen molar-refractivity contribution in [3.05, 3.63) is 36.4 Å². The second kappa shape index (κ2) is 8.07. The Hall–Kier alpha value is -1.09. The van der Waals surface area contributed by atoms with Crippen LogP contribution in [0.25, 0.3) is 0 Å². The van der Waals surface area contributed by atoms with E-state index in [-0.39, 0.29) is 0 Å². The highest BCUT2D eigenvalue weighted by Crippen LogP contribution is 2.17. The Morgan fingerprint density at radius 3 is 2.47 bits per heavy atom. The van der Waals surface area contributed by atoms with E-state index in [0.29, 0.717) is 0 Å². The van der Waals surface area contributed by atoms with Crippen LogP contribution in [0.2, 0.25) is 0 Å². The third-order valence-corrected chi connectivity index (χ3v) is 3.38. The average molecular weight is 252 g/mol. The molecule has 0 N–H and O–H groups in total. The van der Waals surface area contributed by atoms with Gasteiger partial charge in [-0.2, -0.15) is 11.8 Å². The van der Waals surface area contributed by atoms with E-state index >= 15 is 0 Å². The summed E-state index contributed by atoms with van der Waals surface area (Å²) in [5, 5.41) is 0. The van der Waals surface area contributed by atoms with E-state index in [1.807, 2.05) is 36.0 Å². The Labute approximate surface area is 108 Å². The van der Waals surface area contributed by atoms with Crippen molar-refractivity contribution in [1.82, 2.24) is 0 Å². The fourth-order valence-electron chi connectivity index (χ4n) is 1.27. The van der Waals surface area contributed by atoms with E-state index in [4.69, 9.17) is 9.47 Å². The number of methoxy groups -OCH3 is 1. The molecule has 17 heavy (non-hydrogen) atoms. The van der Waals surface area contributed by atoms with Gasteiger partial charge in [-0.1, -0.05) is 12.2 Å². The summed E-state index contributed by atoms with van der Waals surface area (Å²) in [4.78, 5) is 0. The highest BCUT2D eigenvalue weighted by atomic mass is 32.2. The maximum absolute atomic E-state index is 5.62. The highest BCUT2D eigenvalue weighted by molar-refractivity contribution is 7.99. The largest absolute Gasteiger partial charge is 0.497 e. The van der Waals surface area contributed by atoms with Gasteiger partial charge in [0.15, 0.2) is 0 Å². The molecule has 0 aromatic heterocycles. The molecule has 3 heteroatoms. The lowest BCUT2D eigenvalue weighted by molar-refractivity contribution is 0.318. The normalized spacial score (nSPS) is 10.0. The van der Waals surface area contributed by atoms with Crippen LogP contribution in [0.3, 0.4) is 0 Å². The minimum atomic E-state index is 0.759. The molecule has 1 aromatic rings. The Balaban J connectivity index is 2.11. The third-order valence-electron chi connectivity index (χ3n) is 2.11. The van der Waals surface area contributed by atoms with E-state index in [1.165, 1.54) is 5.57 Å². The first-order chi connectivity index (χ1) is 8.22. The van der Waals surface area contributed by atoms with Crippen LogP contribution in [-0.2, 0) is 0 Å². The molecule has 1 rings (SSSR count). The Bertz CT molecular complexity index is 333. The van der Waals surface area contributed by atoms with Crippen molar-refractivity contribution < 1.29 is 9.47 Å². The molecule has 0 bridgehead atoms. The monoisotopic (exact) mass is 252 g/mol. The van der Waals surface area contributed by atoms with Gasteiger partial charge in [0.1, 0.15) is 11.5 Å². The van der Waals surface area contributed by atoms with Crippen LogP contribution >= 0.6 is 11.8 Å². The van der Waals surface area contributed by atoms with Crippen LogP contribution < -0.4 is 9.47 Å². The topological polar surface area (TPSA) is 18.5 Å². The van der Waals surface area contributed by atoms with E-state index in [2.05, 4.69) is 13.5 Å². The molecular weight excluding hydrogens is 232 g/mol. The zero-order chi connectivity index (χ0) is 12.5. The van der Waals surface area contributed by atoms with Crippen molar-refractivity contribution in [2.45, 2.75) is 13.3 Å². The fraction of sp³-hybridized carbons (Fsp3) is 0.429. The fourth-order valence-corrected chi connectivity index (χ4v) is 2.08. The summed E-state index contributed by atoms with van der Waals surface area (Å²) in [6, 6.07) is 7.68. The average Bonchev–Trinajstić information content (AvgIpc) is 2.34. The number of benzene rings is 1. The van der Waals surface area contributed by atoms with Crippen molar-refractivity contribution in [3.8, 4) is 11.5 Å². The van der Waals surface area contributed by atoms with E-state index in [1.54, 1.807) is 7.11 Å². The van der Waals surface area contributed by atoms with Crippen LogP contribution in [0, 0.1) is 0 Å². The summed E-state index contributed by atoms with van der Waals surface area (Å²) >= 11 is 1.90. The lowest BCUT2D eigenvalue weighted by atomic mass is 10.3. The highest BCUT2D eigenvalue weighted by Gasteiger charge is 1.95. The molecule has 0 radical (unpaired) electrons. The summed E-state index contributed by atoms with van der Waals surface area (Å²) in [5.74, 6) is 3.91. The minimum Gasteiger partial charge on any atom is -0.497 e. The second-order valence-electron chi connectivity index (χ2n) is 3.89. The van der Waals surface area contributed by atoms with Crippen LogP contribution in [0.5, 0.6) is 11.5 Å². The van der Waals surface area contributed by atoms with Gasteiger partial charge in [-0.15, -0.1) is 0 Å². The molecule has 0 fully saturated rings. The van der Waals surface area contributed by atoms with Gasteiger partial charge in [0.25, 0.3) is 0 Å². The Kier molecular flexibility index (Phi) is 6.63. The first-order valence-corrected chi connectivity index (χ1v) is 6.87. The molecule has 0 spiro atoms. The summed E-state index contributed by atoms with van der Waals surface area (Å²) in [6.07, 6.45) is 1.06. The lowest BCUT2D eigenvalue weighted by Gasteiger charge is -2.06. The maximum atomic E-state index is 5.62. The molecule has 0 aliphatic heterocycles. The molecule has 0 heterocycles. The first-order valence-electron chi connectivity index (χ1n) is 5.71. The van der Waals surface area contributed by atoms with Gasteiger partial charge < -0.3 is 9.47 Å². The van der Waals surface area contributed by atoms with Gasteiger partial charge in [0.2, 0.25) is 0 Å². The molecule has 1 aromatic carbocycles. The van der Waals surface area contributed by atoms with Gasteiger partial charge in [-0.25, -0.2) is 0 Å². The van der Waals surface area contributed by atoms with Gasteiger partial charge in [-0.05, 0) is 43.4 Å². The molecule has 94 valence electrons. The number of hydrogen-bond donors (Lipinski definition) is 0. The van der Waals surface area contributed by atoms with Crippen molar-refractivity contribution in [3.63, 3.8) is 0 Å². The number of rotatable bonds is 8. The molecule has 0 aliphatic carbocycles. The van der Waals surface area contributed by atoms with Crippen LogP contribution in [-0.4, -0.2) is 25.2 Å². The number of hydrogen-bond acceptors (Lipinski definition) is 3. The standard InChI is InChI=1S/C14H20O2S/c1-12(2)11-17-10-4-9-16-14-7-5-13(15-3)6-8-14/h5-8H,1,4,9-11H2,2-3H3. The van der Waals surface area contributed by atoms with Gasteiger partial charge in [0, 0.05) is 5.75 Å². The van der Waals surface area contributed by atoms with Crippen LogP contribution in [0.4, 0.5) is 0 Å². The van der Waals surface area contributed by atoms with Crippen molar-refractivity contribution >= 4 is 11.8 Å². The number of ether oxygens (including phenoxy) is 2. The minimum absolute atomic E-state index is 0.759. The summed E-state index contributed by atoms with van der Waals surface area (Å²) in [6.45, 7) is 6.69. The SMILES string of the molecule is C=C(C)CSCCCOc1ccc(OC)cc1. The summed E-state index contributed by atoms with van der Waals surface area (Å²) < 4.78 is 10.7. The molecular formula is C14H20O2S. The lowest BCUT2D eigenvalue weighted by Crippen LogP contribution is -1.99. The summed E-state index contributed by atoms with van der Waals surface area (Å²) in [5.41, 5.74) is 1.23. The maximum Gasteiger partial charge on any atom is 0.119 e. The van der Waals surface area contributed by atoms with Gasteiger partial charge in [0.05, 0.1) is 13.7 Å². The molecule has 0 aliphatic rings. The first kappa shape index (κ1) is 14.0. The second-order valence-corrected chi connectivity index (χ2v) is 4.99. The van der Waals surface area contributed by atoms with Crippen molar-refractivity contribution in [1.29, 1.82) is 0 Å². The zero-order valence-corrected chi connectivity index (χ0v) is 11.4. The van der Waals surface area contributed by atoms with Crippen molar-refractivity contribution in [2.75, 3.05) is 25.2 Å². The molecule has 0 amide bonds. The number of thioether (sulfide) groups is 1. The predicted molar refractivity (Wildman–Crippen MR) is 75.2 cm³/mol. The van der Waals surface area contributed by atoms with Crippen LogP contribution in [0.1, 0.15) is 13.3 Å². The Morgan fingerprint density at radius 1 is 1.24 bits per heavy atom. The van der Waals surface area contributed by atoms with Crippen LogP contribution in [0.15, 0.2) is 36.4 Å². The van der Waals surface area contributed by atoms with Gasteiger partial charge in [-0.3, -0.25) is 0 Å². The quantitative estimate of drug-likeness (QED) is 0.518. The molecule has 2 nitrogen and oxygen atoms in total. The smallest absolute Gasteiger partial charge is 0.119 e. The molecule has 0 saturated heterocycles. The van der Waals surface area contributed by atoms with Gasteiger partial charge >= 0.3 is 0 Å². The van der Waals surface area contributed by atoms with E-state index in [0.717, 1.165) is 36.0 Å². The summed E-state index contributed by atoms with van der Waals surface area (Å²) in [7, 11) is 1.66. The Morgan fingerprint density at radius 2 is 1.88 bits per heavy atom. The third kappa shape index (κ3) is 6.27. The predicted octanol–water partition coefficient (Wildman–Crippen LogP) is 3.77. The van der Waals surface area contributed by atoms with E-state index in [9.17, 15) is 0 Å². The van der Waals surface area contributed by atoms with Crippen molar-refractivity contribution in [2.24, 2.45) is 0 Å². The molecule has 0 unspecified atom stereocenters. The molecule has 0 atom stereocenters.